The summed E-state index contributed by atoms with van der Waals surface area (Å²) in [4.78, 5) is 65.5. The Labute approximate surface area is 343 Å². The molecule has 0 radical (unpaired) electrons. The van der Waals surface area contributed by atoms with Gasteiger partial charge < -0.3 is 40.5 Å². The molecule has 0 spiro atoms. The molecular weight excluding hydrogens is 755 g/mol. The van der Waals surface area contributed by atoms with Crippen molar-refractivity contribution < 1.29 is 37.9 Å². The summed E-state index contributed by atoms with van der Waals surface area (Å²) >= 11 is 0. The minimum Gasteiger partial charge on any atom is -0.449 e. The van der Waals surface area contributed by atoms with Gasteiger partial charge in [-0.05, 0) is 91.7 Å². The Kier molecular flexibility index (Phi) is 14.9. The van der Waals surface area contributed by atoms with Crippen LogP contribution in [0, 0.1) is 5.92 Å². The van der Waals surface area contributed by atoms with Gasteiger partial charge in [0.05, 0.1) is 6.61 Å². The van der Waals surface area contributed by atoms with Gasteiger partial charge in [-0.2, -0.15) is 0 Å². The van der Waals surface area contributed by atoms with E-state index in [0.29, 0.717) is 11.3 Å². The van der Waals surface area contributed by atoms with Gasteiger partial charge in [0.1, 0.15) is 24.3 Å². The lowest BCUT2D eigenvalue weighted by molar-refractivity contribution is -0.128. The second-order valence-electron chi connectivity index (χ2n) is 17.5. The molecular formula is C44H61N5O8Si. The van der Waals surface area contributed by atoms with E-state index >= 15 is 0 Å². The van der Waals surface area contributed by atoms with Crippen molar-refractivity contribution >= 4 is 43.9 Å². The molecule has 58 heavy (non-hydrogen) atoms. The monoisotopic (exact) mass is 815 g/mol. The number of carbonyl (C=O) groups excluding carboxylic acids is 5. The number of alkyl carbamates (subject to hydrolysis) is 2. The van der Waals surface area contributed by atoms with Crippen LogP contribution in [0.5, 0.6) is 0 Å². The van der Waals surface area contributed by atoms with Gasteiger partial charge in [0, 0.05) is 30.3 Å². The van der Waals surface area contributed by atoms with Crippen LogP contribution < -0.4 is 26.6 Å². The minimum atomic E-state index is -2.18. The Morgan fingerprint density at radius 1 is 0.741 bits per heavy atom. The molecule has 314 valence electrons. The molecule has 0 unspecified atom stereocenters. The van der Waals surface area contributed by atoms with Crippen LogP contribution in [0.2, 0.25) is 18.1 Å². The van der Waals surface area contributed by atoms with E-state index in [1.54, 1.807) is 52.8 Å². The van der Waals surface area contributed by atoms with E-state index in [2.05, 4.69) is 72.6 Å². The fraction of sp³-hybridized carbons (Fsp3) is 0.477. The van der Waals surface area contributed by atoms with Crippen molar-refractivity contribution in [1.29, 1.82) is 0 Å². The number of carbonyl (C=O) groups is 5. The minimum absolute atomic E-state index is 0.0586. The first kappa shape index (κ1) is 45.5. The number of anilines is 1. The van der Waals surface area contributed by atoms with E-state index in [1.807, 2.05) is 36.4 Å². The summed E-state index contributed by atoms with van der Waals surface area (Å²) in [7, 11) is -2.18. The molecule has 0 heterocycles. The van der Waals surface area contributed by atoms with Gasteiger partial charge in [0.25, 0.3) is 5.91 Å². The lowest BCUT2D eigenvalue weighted by Crippen LogP contribution is -2.53. The third-order valence-corrected chi connectivity index (χ3v) is 14.9. The van der Waals surface area contributed by atoms with Crippen molar-refractivity contribution in [3.63, 3.8) is 0 Å². The number of nitrogens with one attached hydrogen (secondary N) is 5. The van der Waals surface area contributed by atoms with Crippen LogP contribution in [-0.2, 0) is 30.1 Å². The van der Waals surface area contributed by atoms with Crippen molar-refractivity contribution in [1.82, 2.24) is 21.3 Å². The normalized spacial score (nSPS) is 13.7. The summed E-state index contributed by atoms with van der Waals surface area (Å²) in [5.74, 6) is -1.96. The summed E-state index contributed by atoms with van der Waals surface area (Å²) in [6.07, 6.45) is -1.33. The van der Waals surface area contributed by atoms with E-state index in [9.17, 15) is 24.0 Å². The molecule has 5 amide bonds. The molecule has 1 aliphatic rings. The lowest BCUT2D eigenvalue weighted by Gasteiger charge is -2.36. The summed E-state index contributed by atoms with van der Waals surface area (Å²) in [5, 5.41) is 13.6. The van der Waals surface area contributed by atoms with E-state index in [4.69, 9.17) is 13.9 Å². The zero-order chi connectivity index (χ0) is 43.0. The van der Waals surface area contributed by atoms with Crippen LogP contribution in [0.3, 0.4) is 0 Å². The molecule has 0 bridgehead atoms. The molecule has 4 rings (SSSR count). The Morgan fingerprint density at radius 2 is 1.33 bits per heavy atom. The van der Waals surface area contributed by atoms with Crippen LogP contribution in [0.1, 0.15) is 95.3 Å². The number of amides is 5. The smallest absolute Gasteiger partial charge is 0.407 e. The molecule has 0 aromatic heterocycles. The fourth-order valence-electron chi connectivity index (χ4n) is 6.14. The number of ether oxygens (including phenoxy) is 2. The molecule has 0 saturated heterocycles. The van der Waals surface area contributed by atoms with Crippen LogP contribution >= 0.6 is 0 Å². The highest BCUT2D eigenvalue weighted by Gasteiger charge is 2.37. The highest BCUT2D eigenvalue weighted by Crippen LogP contribution is 2.44. The Hall–Kier alpha value is -5.21. The standard InChI is InChI=1S/C44H61N5O8Si/c1-27(2)37(49-42(54)55-26-36-33-18-14-12-16-31(33)32-17-13-15-19-34(32)36)40(52)47-28(3)38(50)48-30-21-20-29(25-56-58(10,11)44(7,8)9)35(24-30)39(51)45-22-23-46-41(53)57-43(4,5)6/h12-21,24,27-28,36-37H,22-23,25-26H2,1-11H3,(H,45,51)(H,46,53)(H,47,52)(H,48,50)(H,49,54)/t28-,37-/m0/s1. The van der Waals surface area contributed by atoms with E-state index in [0.717, 1.165) is 22.3 Å². The van der Waals surface area contributed by atoms with Crippen molar-refractivity contribution in [2.45, 2.75) is 111 Å². The van der Waals surface area contributed by atoms with Gasteiger partial charge in [-0.1, -0.05) is 89.2 Å². The van der Waals surface area contributed by atoms with Gasteiger partial charge in [-0.25, -0.2) is 9.59 Å². The number of benzene rings is 3. The Balaban J connectivity index is 1.38. The molecule has 14 heteroatoms. The average molecular weight is 816 g/mol. The number of hydrogen-bond donors (Lipinski definition) is 5. The highest BCUT2D eigenvalue weighted by molar-refractivity contribution is 6.74. The molecule has 13 nitrogen and oxygen atoms in total. The fourth-order valence-corrected chi connectivity index (χ4v) is 7.09. The number of fused-ring (bicyclic) bond motifs is 3. The maximum Gasteiger partial charge on any atom is 0.407 e. The van der Waals surface area contributed by atoms with Crippen molar-refractivity contribution in [2.75, 3.05) is 25.0 Å². The predicted molar refractivity (Wildman–Crippen MR) is 228 cm³/mol. The van der Waals surface area contributed by atoms with Crippen molar-refractivity contribution in [3.8, 4) is 11.1 Å². The molecule has 0 fully saturated rings. The van der Waals surface area contributed by atoms with Crippen LogP contribution in [-0.4, -0.2) is 75.6 Å². The molecule has 1 aliphatic carbocycles. The second kappa shape index (κ2) is 19.0. The second-order valence-corrected chi connectivity index (χ2v) is 22.3. The summed E-state index contributed by atoms with van der Waals surface area (Å²) in [6, 6.07) is 19.0. The molecule has 5 N–H and O–H groups in total. The lowest BCUT2D eigenvalue weighted by atomic mass is 9.98. The summed E-state index contributed by atoms with van der Waals surface area (Å²) < 4.78 is 17.4. The van der Waals surface area contributed by atoms with E-state index < -0.39 is 55.9 Å². The molecule has 2 atom stereocenters. The maximum atomic E-state index is 13.5. The SMILES string of the molecule is CC(C)[C@H](NC(=O)OCC1c2ccccc2-c2ccccc21)C(=O)N[C@@H](C)C(=O)Nc1ccc(CO[Si](C)(C)C(C)(C)C)c(C(=O)NCCNC(=O)OC(C)(C)C)c1. The van der Waals surface area contributed by atoms with Crippen LogP contribution in [0.4, 0.5) is 15.3 Å². The zero-order valence-electron chi connectivity index (χ0n) is 35.8. The average Bonchev–Trinajstić information content (AvgIpc) is 3.46. The van der Waals surface area contributed by atoms with E-state index in [1.165, 1.54) is 6.92 Å². The summed E-state index contributed by atoms with van der Waals surface area (Å²) in [6.45, 7) is 21.6. The van der Waals surface area contributed by atoms with Gasteiger partial charge in [-0.3, -0.25) is 14.4 Å². The Morgan fingerprint density at radius 3 is 1.90 bits per heavy atom. The zero-order valence-corrected chi connectivity index (χ0v) is 36.8. The highest BCUT2D eigenvalue weighted by atomic mass is 28.4. The van der Waals surface area contributed by atoms with Gasteiger partial charge >= 0.3 is 12.2 Å². The molecule has 0 saturated carbocycles. The largest absolute Gasteiger partial charge is 0.449 e. The summed E-state index contributed by atoms with van der Waals surface area (Å²) in [5.41, 5.74) is 4.95. The number of rotatable bonds is 15. The van der Waals surface area contributed by atoms with Gasteiger partial charge in [0.15, 0.2) is 8.32 Å². The first-order chi connectivity index (χ1) is 27.1. The van der Waals surface area contributed by atoms with Gasteiger partial charge in [0.2, 0.25) is 11.8 Å². The van der Waals surface area contributed by atoms with Crippen LogP contribution in [0.15, 0.2) is 66.7 Å². The van der Waals surface area contributed by atoms with Crippen molar-refractivity contribution in [3.05, 3.63) is 89.0 Å². The quantitative estimate of drug-likeness (QED) is 0.0777. The van der Waals surface area contributed by atoms with Gasteiger partial charge in [-0.15, -0.1) is 0 Å². The maximum absolute atomic E-state index is 13.5. The van der Waals surface area contributed by atoms with Crippen molar-refractivity contribution in [2.24, 2.45) is 5.92 Å². The number of hydrogen-bond acceptors (Lipinski definition) is 8. The van der Waals surface area contributed by atoms with Crippen LogP contribution in [0.25, 0.3) is 11.1 Å². The van der Waals surface area contributed by atoms with E-state index in [-0.39, 0.29) is 48.7 Å². The predicted octanol–water partition coefficient (Wildman–Crippen LogP) is 7.47. The first-order valence-corrected chi connectivity index (χ1v) is 22.7. The topological polar surface area (TPSA) is 173 Å². The third kappa shape index (κ3) is 12.2. The molecule has 0 aliphatic heterocycles. The molecule has 3 aromatic carbocycles. The first-order valence-electron chi connectivity index (χ1n) is 19.8. The molecule has 3 aromatic rings. The third-order valence-electron chi connectivity index (χ3n) is 10.4. The Bertz CT molecular complexity index is 1920.